The Labute approximate surface area is 152 Å². The Bertz CT molecular complexity index is 931. The maximum atomic E-state index is 12.2. The lowest BCUT2D eigenvalue weighted by Crippen LogP contribution is -2.16. The van der Waals surface area contributed by atoms with Crippen molar-refractivity contribution in [1.82, 2.24) is 0 Å². The van der Waals surface area contributed by atoms with E-state index in [0.29, 0.717) is 16.8 Å². The zero-order chi connectivity index (χ0) is 19.5. The zero-order valence-electron chi connectivity index (χ0n) is 14.8. The smallest absolute Gasteiger partial charge is 0.336 e. The van der Waals surface area contributed by atoms with Crippen molar-refractivity contribution < 1.29 is 23.1 Å². The van der Waals surface area contributed by atoms with Crippen LogP contribution in [0.3, 0.4) is 0 Å². The van der Waals surface area contributed by atoms with Gasteiger partial charge in [-0.1, -0.05) is 18.2 Å². The first kappa shape index (κ1) is 19.7. The molecule has 0 fully saturated rings. The van der Waals surface area contributed by atoms with Gasteiger partial charge >= 0.3 is 5.97 Å². The third-order valence-electron chi connectivity index (χ3n) is 3.99. The predicted molar refractivity (Wildman–Crippen MR) is 99.2 cm³/mol. The lowest BCUT2D eigenvalue weighted by atomic mass is 10.1. The standard InChI is InChI=1S/C19H21NO5S/c1-12(2)26(24,25)16-8-5-14(6-9-16)10-18(21)20-15-7-4-13(3)17(11-15)19(22)23/h4-9,11-12H,10H2,1-3H3,(H,20,21)(H,22,23). The second-order valence-electron chi connectivity index (χ2n) is 6.30. The van der Waals surface area contributed by atoms with E-state index in [1.807, 2.05) is 0 Å². The summed E-state index contributed by atoms with van der Waals surface area (Å²) in [6.45, 7) is 4.91. The van der Waals surface area contributed by atoms with Crippen LogP contribution in [0.1, 0.15) is 35.3 Å². The van der Waals surface area contributed by atoms with E-state index in [0.717, 1.165) is 0 Å². The van der Waals surface area contributed by atoms with Crippen molar-refractivity contribution in [2.24, 2.45) is 0 Å². The summed E-state index contributed by atoms with van der Waals surface area (Å²) in [4.78, 5) is 23.5. The van der Waals surface area contributed by atoms with Crippen LogP contribution in [0.25, 0.3) is 0 Å². The molecule has 0 aliphatic carbocycles. The first-order chi connectivity index (χ1) is 12.1. The van der Waals surface area contributed by atoms with Crippen molar-refractivity contribution in [3.63, 3.8) is 0 Å². The Hall–Kier alpha value is -2.67. The normalized spacial score (nSPS) is 11.4. The summed E-state index contributed by atoms with van der Waals surface area (Å²) in [5, 5.41) is 11.3. The molecule has 26 heavy (non-hydrogen) atoms. The summed E-state index contributed by atoms with van der Waals surface area (Å²) in [6, 6.07) is 10.9. The maximum Gasteiger partial charge on any atom is 0.336 e. The molecule has 2 rings (SSSR count). The van der Waals surface area contributed by atoms with E-state index in [1.54, 1.807) is 45.0 Å². The molecular weight excluding hydrogens is 354 g/mol. The summed E-state index contributed by atoms with van der Waals surface area (Å²) < 4.78 is 24.2. The van der Waals surface area contributed by atoms with Crippen LogP contribution >= 0.6 is 0 Å². The quantitative estimate of drug-likeness (QED) is 0.808. The van der Waals surface area contributed by atoms with Gasteiger partial charge in [0, 0.05) is 5.69 Å². The first-order valence-electron chi connectivity index (χ1n) is 8.08. The number of carbonyl (C=O) groups is 2. The van der Waals surface area contributed by atoms with Crippen molar-refractivity contribution in [3.8, 4) is 0 Å². The van der Waals surface area contributed by atoms with Gasteiger partial charge in [-0.15, -0.1) is 0 Å². The minimum atomic E-state index is -3.34. The van der Waals surface area contributed by atoms with Crippen molar-refractivity contribution in [1.29, 1.82) is 0 Å². The summed E-state index contributed by atoms with van der Waals surface area (Å²) >= 11 is 0. The fraction of sp³-hybridized carbons (Fsp3) is 0.263. The van der Waals surface area contributed by atoms with Gasteiger partial charge in [-0.05, 0) is 56.2 Å². The van der Waals surface area contributed by atoms with Crippen molar-refractivity contribution in [2.75, 3.05) is 5.32 Å². The third kappa shape index (κ3) is 4.49. The molecule has 0 aromatic heterocycles. The molecule has 0 atom stereocenters. The van der Waals surface area contributed by atoms with E-state index in [1.165, 1.54) is 18.2 Å². The molecule has 0 spiro atoms. The molecular formula is C19H21NO5S. The number of anilines is 1. The van der Waals surface area contributed by atoms with Gasteiger partial charge in [0.2, 0.25) is 5.91 Å². The number of sulfone groups is 1. The lowest BCUT2D eigenvalue weighted by molar-refractivity contribution is -0.115. The van der Waals surface area contributed by atoms with Crippen molar-refractivity contribution in [2.45, 2.75) is 37.3 Å². The molecule has 7 heteroatoms. The van der Waals surface area contributed by atoms with Gasteiger partial charge in [0.25, 0.3) is 0 Å². The van der Waals surface area contributed by atoms with Gasteiger partial charge in [-0.25, -0.2) is 13.2 Å². The first-order valence-corrected chi connectivity index (χ1v) is 9.62. The van der Waals surface area contributed by atoms with Crippen LogP contribution in [0, 0.1) is 6.92 Å². The number of hydrogen-bond acceptors (Lipinski definition) is 4. The Morgan fingerprint density at radius 1 is 1.08 bits per heavy atom. The number of rotatable bonds is 6. The number of hydrogen-bond donors (Lipinski definition) is 2. The van der Waals surface area contributed by atoms with Crippen LogP contribution in [-0.2, 0) is 21.1 Å². The summed E-state index contributed by atoms with van der Waals surface area (Å²) in [7, 11) is -3.34. The van der Waals surface area contributed by atoms with Gasteiger partial charge in [-0.2, -0.15) is 0 Å². The SMILES string of the molecule is Cc1ccc(NC(=O)Cc2ccc(S(=O)(=O)C(C)C)cc2)cc1C(=O)O. The highest BCUT2D eigenvalue weighted by atomic mass is 32.2. The summed E-state index contributed by atoms with van der Waals surface area (Å²) in [5.41, 5.74) is 1.80. The molecule has 6 nitrogen and oxygen atoms in total. The molecule has 0 saturated carbocycles. The predicted octanol–water partition coefficient (Wildman–Crippen LogP) is 3.06. The highest BCUT2D eigenvalue weighted by molar-refractivity contribution is 7.92. The van der Waals surface area contributed by atoms with Crippen LogP contribution in [0.15, 0.2) is 47.4 Å². The molecule has 1 amide bonds. The molecule has 0 bridgehead atoms. The van der Waals surface area contributed by atoms with Crippen LogP contribution in [0.4, 0.5) is 5.69 Å². The molecule has 0 aliphatic heterocycles. The van der Waals surface area contributed by atoms with E-state index in [2.05, 4.69) is 5.32 Å². The van der Waals surface area contributed by atoms with E-state index in [9.17, 15) is 18.0 Å². The second-order valence-corrected chi connectivity index (χ2v) is 8.80. The second kappa shape index (κ2) is 7.70. The van der Waals surface area contributed by atoms with Crippen LogP contribution in [-0.4, -0.2) is 30.7 Å². The molecule has 2 aromatic rings. The highest BCUT2D eigenvalue weighted by Crippen LogP contribution is 2.18. The van der Waals surface area contributed by atoms with Crippen molar-refractivity contribution in [3.05, 3.63) is 59.2 Å². The third-order valence-corrected chi connectivity index (χ3v) is 6.16. The monoisotopic (exact) mass is 375 g/mol. The number of aryl methyl sites for hydroxylation is 1. The molecule has 2 aromatic carbocycles. The Morgan fingerprint density at radius 2 is 1.69 bits per heavy atom. The van der Waals surface area contributed by atoms with E-state index in [4.69, 9.17) is 5.11 Å². The van der Waals surface area contributed by atoms with Gasteiger partial charge in [0.05, 0.1) is 22.1 Å². The molecule has 0 aliphatic rings. The molecule has 0 unspecified atom stereocenters. The molecule has 2 N–H and O–H groups in total. The number of aromatic carboxylic acids is 1. The number of amides is 1. The topological polar surface area (TPSA) is 101 Å². The van der Waals surface area contributed by atoms with Crippen molar-refractivity contribution >= 4 is 27.4 Å². The minimum Gasteiger partial charge on any atom is -0.478 e. The number of carbonyl (C=O) groups excluding carboxylic acids is 1. The largest absolute Gasteiger partial charge is 0.478 e. The van der Waals surface area contributed by atoms with Gasteiger partial charge in [0.15, 0.2) is 9.84 Å². The van der Waals surface area contributed by atoms with Crippen LogP contribution < -0.4 is 5.32 Å². The van der Waals surface area contributed by atoms with Gasteiger partial charge < -0.3 is 10.4 Å². The van der Waals surface area contributed by atoms with Gasteiger partial charge in [-0.3, -0.25) is 4.79 Å². The molecule has 0 saturated heterocycles. The van der Waals surface area contributed by atoms with Gasteiger partial charge in [0.1, 0.15) is 0 Å². The maximum absolute atomic E-state index is 12.2. The number of nitrogens with one attached hydrogen (secondary N) is 1. The Morgan fingerprint density at radius 3 is 2.23 bits per heavy atom. The fourth-order valence-corrected chi connectivity index (χ4v) is 3.45. The van der Waals surface area contributed by atoms with E-state index < -0.39 is 21.1 Å². The Balaban J connectivity index is 2.09. The summed E-state index contributed by atoms with van der Waals surface area (Å²) in [6.07, 6.45) is 0.0539. The Kier molecular flexibility index (Phi) is 5.82. The number of carboxylic acids is 1. The van der Waals surface area contributed by atoms with Crippen LogP contribution in [0.2, 0.25) is 0 Å². The minimum absolute atomic E-state index is 0.0539. The van der Waals surface area contributed by atoms with E-state index in [-0.39, 0.29) is 22.8 Å². The molecule has 0 heterocycles. The zero-order valence-corrected chi connectivity index (χ0v) is 15.6. The summed E-state index contributed by atoms with van der Waals surface area (Å²) in [5.74, 6) is -1.37. The van der Waals surface area contributed by atoms with E-state index >= 15 is 0 Å². The van der Waals surface area contributed by atoms with Crippen LogP contribution in [0.5, 0.6) is 0 Å². The average molecular weight is 375 g/mol. The molecule has 0 radical (unpaired) electrons. The average Bonchev–Trinajstić information content (AvgIpc) is 2.56. The number of carboxylic acid groups (broad SMARTS) is 1. The highest BCUT2D eigenvalue weighted by Gasteiger charge is 2.19. The lowest BCUT2D eigenvalue weighted by Gasteiger charge is -2.10. The molecule has 138 valence electrons. The number of benzene rings is 2. The fourth-order valence-electron chi connectivity index (χ4n) is 2.39.